The molecule has 0 aliphatic rings. The third-order valence-electron chi connectivity index (χ3n) is 2.09. The van der Waals surface area contributed by atoms with Crippen molar-refractivity contribution in [3.63, 3.8) is 0 Å². The lowest BCUT2D eigenvalue weighted by Crippen LogP contribution is -2.09. The first-order valence-electron chi connectivity index (χ1n) is 4.75. The smallest absolute Gasteiger partial charge is 0.222 e. The van der Waals surface area contributed by atoms with Crippen LogP contribution in [0.25, 0.3) is 0 Å². The number of nitrogens with one attached hydrogen (secondary N) is 1. The van der Waals surface area contributed by atoms with Gasteiger partial charge in [-0.05, 0) is 19.1 Å². The van der Waals surface area contributed by atoms with E-state index in [2.05, 4.69) is 15.3 Å². The maximum Gasteiger partial charge on any atom is 0.222 e. The van der Waals surface area contributed by atoms with Crippen molar-refractivity contribution in [1.29, 1.82) is 0 Å². The average Bonchev–Trinajstić information content (AvgIpc) is 2.76. The molecule has 0 fully saturated rings. The topological polar surface area (TPSA) is 77.0 Å². The van der Waals surface area contributed by atoms with Gasteiger partial charge in [-0.25, -0.2) is 4.98 Å². The second kappa shape index (κ2) is 4.40. The van der Waals surface area contributed by atoms with E-state index in [1.807, 2.05) is 19.1 Å². The summed E-state index contributed by atoms with van der Waals surface area (Å²) in [5, 5.41) is 3.52. The van der Waals surface area contributed by atoms with Crippen molar-refractivity contribution >= 4 is 23.4 Å². The second-order valence-electron chi connectivity index (χ2n) is 3.31. The molecule has 0 aliphatic carbocycles. The van der Waals surface area contributed by atoms with Gasteiger partial charge in [-0.2, -0.15) is 4.98 Å². The Morgan fingerprint density at radius 2 is 2.38 bits per heavy atom. The van der Waals surface area contributed by atoms with E-state index in [-0.39, 0.29) is 12.0 Å². The van der Waals surface area contributed by atoms with E-state index in [4.69, 9.17) is 21.8 Å². The van der Waals surface area contributed by atoms with Gasteiger partial charge in [-0.3, -0.25) is 0 Å². The van der Waals surface area contributed by atoms with E-state index in [0.717, 1.165) is 5.76 Å². The summed E-state index contributed by atoms with van der Waals surface area (Å²) in [4.78, 5) is 7.79. The Balaban J connectivity index is 2.17. The molecule has 84 valence electrons. The molecule has 2 aromatic rings. The molecule has 6 heteroatoms. The van der Waals surface area contributed by atoms with Crippen molar-refractivity contribution in [3.8, 4) is 0 Å². The van der Waals surface area contributed by atoms with Crippen LogP contribution in [0.2, 0.25) is 5.02 Å². The molecule has 5 nitrogen and oxygen atoms in total. The molecule has 0 saturated heterocycles. The summed E-state index contributed by atoms with van der Waals surface area (Å²) in [5.74, 6) is 1.48. The number of halogens is 1. The maximum absolute atomic E-state index is 5.93. The molecule has 2 rings (SSSR count). The van der Waals surface area contributed by atoms with Gasteiger partial charge in [0.1, 0.15) is 10.8 Å². The minimum Gasteiger partial charge on any atom is -0.467 e. The standard InChI is InChI=1S/C10H11ClN4O/c1-6(8-3-2-4-16-8)14-9-7(11)5-13-10(12)15-9/h2-6H,1H3,(H3,12,13,14,15). The van der Waals surface area contributed by atoms with Gasteiger partial charge in [0.05, 0.1) is 18.5 Å². The summed E-state index contributed by atoms with van der Waals surface area (Å²) in [6.07, 6.45) is 3.07. The lowest BCUT2D eigenvalue weighted by molar-refractivity contribution is 0.490. The van der Waals surface area contributed by atoms with Crippen LogP contribution >= 0.6 is 11.6 Å². The van der Waals surface area contributed by atoms with Crippen molar-refractivity contribution < 1.29 is 4.42 Å². The van der Waals surface area contributed by atoms with E-state index >= 15 is 0 Å². The minimum absolute atomic E-state index is 0.0400. The Labute approximate surface area is 97.6 Å². The second-order valence-corrected chi connectivity index (χ2v) is 3.71. The Morgan fingerprint density at radius 3 is 3.06 bits per heavy atom. The van der Waals surface area contributed by atoms with E-state index in [0.29, 0.717) is 10.8 Å². The van der Waals surface area contributed by atoms with Crippen LogP contribution in [0.5, 0.6) is 0 Å². The molecule has 2 aromatic heterocycles. The number of nitrogen functional groups attached to an aromatic ring is 1. The van der Waals surface area contributed by atoms with Crippen LogP contribution in [0, 0.1) is 0 Å². The highest BCUT2D eigenvalue weighted by Crippen LogP contribution is 2.24. The van der Waals surface area contributed by atoms with Crippen molar-refractivity contribution in [3.05, 3.63) is 35.4 Å². The largest absolute Gasteiger partial charge is 0.467 e. The molecule has 2 heterocycles. The molecule has 3 N–H and O–H groups in total. The molecule has 0 spiro atoms. The summed E-state index contributed by atoms with van der Waals surface area (Å²) in [6, 6.07) is 3.65. The SMILES string of the molecule is CC(Nc1nc(N)ncc1Cl)c1ccco1. The highest BCUT2D eigenvalue weighted by Gasteiger charge is 2.11. The predicted molar refractivity (Wildman–Crippen MR) is 62.2 cm³/mol. The van der Waals surface area contributed by atoms with E-state index < -0.39 is 0 Å². The first-order chi connectivity index (χ1) is 7.66. The lowest BCUT2D eigenvalue weighted by atomic mass is 10.2. The highest BCUT2D eigenvalue weighted by atomic mass is 35.5. The molecular weight excluding hydrogens is 228 g/mol. The molecule has 0 aromatic carbocycles. The summed E-state index contributed by atoms with van der Waals surface area (Å²) in [5.41, 5.74) is 5.48. The van der Waals surface area contributed by atoms with E-state index in [9.17, 15) is 0 Å². The number of nitrogens with zero attached hydrogens (tertiary/aromatic N) is 2. The summed E-state index contributed by atoms with van der Waals surface area (Å²) in [6.45, 7) is 1.94. The molecule has 0 bridgehead atoms. The van der Waals surface area contributed by atoms with Gasteiger partial charge < -0.3 is 15.5 Å². The number of hydrogen-bond acceptors (Lipinski definition) is 5. The quantitative estimate of drug-likeness (QED) is 0.859. The zero-order valence-corrected chi connectivity index (χ0v) is 9.40. The fourth-order valence-corrected chi connectivity index (χ4v) is 1.44. The molecule has 0 saturated carbocycles. The first-order valence-corrected chi connectivity index (χ1v) is 5.12. The number of anilines is 2. The normalized spacial score (nSPS) is 12.4. The molecule has 0 aliphatic heterocycles. The van der Waals surface area contributed by atoms with Gasteiger partial charge in [-0.1, -0.05) is 11.6 Å². The predicted octanol–water partition coefficient (Wildman–Crippen LogP) is 2.48. The summed E-state index contributed by atoms with van der Waals surface area (Å²) < 4.78 is 5.26. The summed E-state index contributed by atoms with van der Waals surface area (Å²) in [7, 11) is 0. The Kier molecular flexibility index (Phi) is 2.96. The van der Waals surface area contributed by atoms with Crippen LogP contribution in [0.4, 0.5) is 11.8 Å². The molecule has 1 atom stereocenters. The number of hydrogen-bond donors (Lipinski definition) is 2. The van der Waals surface area contributed by atoms with Gasteiger partial charge in [-0.15, -0.1) is 0 Å². The fourth-order valence-electron chi connectivity index (χ4n) is 1.30. The van der Waals surface area contributed by atoms with Gasteiger partial charge >= 0.3 is 0 Å². The van der Waals surface area contributed by atoms with Crippen molar-refractivity contribution in [1.82, 2.24) is 9.97 Å². The van der Waals surface area contributed by atoms with Crippen molar-refractivity contribution in [2.75, 3.05) is 11.1 Å². The Bertz CT molecular complexity index is 472. The minimum atomic E-state index is -0.0400. The van der Waals surface area contributed by atoms with E-state index in [1.165, 1.54) is 6.20 Å². The Morgan fingerprint density at radius 1 is 1.56 bits per heavy atom. The molecule has 1 unspecified atom stereocenters. The average molecular weight is 239 g/mol. The van der Waals surface area contributed by atoms with Crippen LogP contribution in [0.15, 0.2) is 29.0 Å². The number of rotatable bonds is 3. The molecular formula is C10H11ClN4O. The van der Waals surface area contributed by atoms with Gasteiger partial charge in [0.2, 0.25) is 5.95 Å². The van der Waals surface area contributed by atoms with Gasteiger partial charge in [0.15, 0.2) is 5.82 Å². The first kappa shape index (κ1) is 10.8. The molecule has 0 radical (unpaired) electrons. The van der Waals surface area contributed by atoms with Crippen molar-refractivity contribution in [2.45, 2.75) is 13.0 Å². The monoisotopic (exact) mass is 238 g/mol. The van der Waals surface area contributed by atoms with Crippen LogP contribution in [0.3, 0.4) is 0 Å². The van der Waals surface area contributed by atoms with Crippen molar-refractivity contribution in [2.24, 2.45) is 0 Å². The van der Waals surface area contributed by atoms with Crippen LogP contribution in [-0.4, -0.2) is 9.97 Å². The Hall–Kier alpha value is -1.75. The number of aromatic nitrogens is 2. The lowest BCUT2D eigenvalue weighted by Gasteiger charge is -2.12. The van der Waals surface area contributed by atoms with Crippen LogP contribution in [0.1, 0.15) is 18.7 Å². The zero-order valence-electron chi connectivity index (χ0n) is 8.64. The third-order valence-corrected chi connectivity index (χ3v) is 2.36. The highest BCUT2D eigenvalue weighted by molar-refractivity contribution is 6.32. The van der Waals surface area contributed by atoms with Gasteiger partial charge in [0.25, 0.3) is 0 Å². The van der Waals surface area contributed by atoms with Crippen LogP contribution in [-0.2, 0) is 0 Å². The third kappa shape index (κ3) is 2.25. The molecule has 16 heavy (non-hydrogen) atoms. The molecule has 0 amide bonds. The van der Waals surface area contributed by atoms with E-state index in [1.54, 1.807) is 6.26 Å². The fraction of sp³-hybridized carbons (Fsp3) is 0.200. The van der Waals surface area contributed by atoms with Gasteiger partial charge in [0, 0.05) is 0 Å². The maximum atomic E-state index is 5.93. The number of furan rings is 1. The zero-order chi connectivity index (χ0) is 11.5. The van der Waals surface area contributed by atoms with Crippen LogP contribution < -0.4 is 11.1 Å². The summed E-state index contributed by atoms with van der Waals surface area (Å²) >= 11 is 5.93. The number of nitrogens with two attached hydrogens (primary N) is 1.